The third kappa shape index (κ3) is 4.61. The fraction of sp³-hybridized carbons (Fsp3) is 0.0952. The molecule has 0 aliphatic carbocycles. The van der Waals surface area contributed by atoms with Gasteiger partial charge in [-0.05, 0) is 61.9 Å². The lowest BCUT2D eigenvalue weighted by molar-refractivity contribution is 0.102. The van der Waals surface area contributed by atoms with Gasteiger partial charge in [-0.25, -0.2) is 8.42 Å². The van der Waals surface area contributed by atoms with Gasteiger partial charge in [-0.2, -0.15) is 0 Å². The molecule has 3 rings (SSSR count). The smallest absolute Gasteiger partial charge is 0.261 e. The first-order chi connectivity index (χ1) is 13.3. The molecular weight excluding hydrogens is 440 g/mol. The maximum atomic E-state index is 12.7. The molecule has 0 spiro atoms. The van der Waals surface area contributed by atoms with Gasteiger partial charge in [0, 0.05) is 15.7 Å². The Hall–Kier alpha value is -2.64. The Bertz CT molecular complexity index is 1130. The van der Waals surface area contributed by atoms with Crippen molar-refractivity contribution in [3.8, 4) is 0 Å². The highest BCUT2D eigenvalue weighted by molar-refractivity contribution is 9.10. The lowest BCUT2D eigenvalue weighted by atomic mass is 10.1. The summed E-state index contributed by atoms with van der Waals surface area (Å²) in [5, 5.41) is 2.82. The molecule has 2 N–H and O–H groups in total. The molecule has 0 aliphatic rings. The van der Waals surface area contributed by atoms with Crippen molar-refractivity contribution in [2.24, 2.45) is 0 Å². The number of hydrogen-bond acceptors (Lipinski definition) is 3. The second kappa shape index (κ2) is 8.16. The quantitative estimate of drug-likeness (QED) is 0.556. The lowest BCUT2D eigenvalue weighted by Crippen LogP contribution is -2.17. The number of aryl methyl sites for hydroxylation is 1. The molecule has 28 heavy (non-hydrogen) atoms. The molecule has 0 aromatic heterocycles. The number of carbonyl (C=O) groups is 1. The largest absolute Gasteiger partial charge is 0.322 e. The van der Waals surface area contributed by atoms with Crippen molar-refractivity contribution >= 4 is 43.2 Å². The van der Waals surface area contributed by atoms with E-state index in [4.69, 9.17) is 0 Å². The highest BCUT2D eigenvalue weighted by Gasteiger charge is 2.18. The molecule has 144 valence electrons. The average molecular weight is 459 g/mol. The summed E-state index contributed by atoms with van der Waals surface area (Å²) in [5.74, 6) is -0.313. The lowest BCUT2D eigenvalue weighted by Gasteiger charge is -2.14. The van der Waals surface area contributed by atoms with E-state index in [1.165, 1.54) is 0 Å². The van der Waals surface area contributed by atoms with E-state index in [0.29, 0.717) is 22.5 Å². The zero-order valence-electron chi connectivity index (χ0n) is 15.4. The Morgan fingerprint density at radius 1 is 0.929 bits per heavy atom. The topological polar surface area (TPSA) is 75.3 Å². The monoisotopic (exact) mass is 458 g/mol. The molecule has 1 amide bonds. The van der Waals surface area contributed by atoms with Crippen LogP contribution >= 0.6 is 15.9 Å². The second-order valence-corrected chi connectivity index (χ2v) is 8.96. The van der Waals surface area contributed by atoms with E-state index in [1.807, 2.05) is 19.1 Å². The maximum Gasteiger partial charge on any atom is 0.261 e. The van der Waals surface area contributed by atoms with Crippen LogP contribution in [-0.2, 0) is 10.0 Å². The van der Waals surface area contributed by atoms with Gasteiger partial charge in [0.15, 0.2) is 0 Å². The summed E-state index contributed by atoms with van der Waals surface area (Å²) >= 11 is 3.37. The third-order valence-corrected chi connectivity index (χ3v) is 6.11. The summed E-state index contributed by atoms with van der Waals surface area (Å²) < 4.78 is 28.7. The van der Waals surface area contributed by atoms with Gasteiger partial charge in [-0.1, -0.05) is 45.8 Å². The Labute approximate surface area is 173 Å². The molecule has 0 fully saturated rings. The maximum absolute atomic E-state index is 12.7. The third-order valence-electron chi connectivity index (χ3n) is 4.24. The second-order valence-electron chi connectivity index (χ2n) is 6.36. The predicted molar refractivity (Wildman–Crippen MR) is 115 cm³/mol. The molecule has 0 heterocycles. The minimum absolute atomic E-state index is 0.168. The number of carbonyl (C=O) groups excluding carboxylic acids is 1. The van der Waals surface area contributed by atoms with Gasteiger partial charge >= 0.3 is 0 Å². The molecule has 0 aliphatic heterocycles. The fourth-order valence-electron chi connectivity index (χ4n) is 2.68. The van der Waals surface area contributed by atoms with E-state index in [1.54, 1.807) is 61.5 Å². The van der Waals surface area contributed by atoms with Gasteiger partial charge in [0.25, 0.3) is 15.9 Å². The molecule has 7 heteroatoms. The molecule has 0 radical (unpaired) electrons. The molecule has 0 saturated carbocycles. The number of hydrogen-bond donors (Lipinski definition) is 2. The molecule has 0 bridgehead atoms. The Morgan fingerprint density at radius 3 is 2.29 bits per heavy atom. The number of benzene rings is 3. The highest BCUT2D eigenvalue weighted by atomic mass is 79.9. The average Bonchev–Trinajstić information content (AvgIpc) is 2.63. The van der Waals surface area contributed by atoms with E-state index < -0.39 is 10.0 Å². The number of rotatable bonds is 5. The predicted octanol–water partition coefficient (Wildman–Crippen LogP) is 5.12. The van der Waals surface area contributed by atoms with Crippen LogP contribution in [0.2, 0.25) is 0 Å². The first-order valence-corrected chi connectivity index (χ1v) is 10.8. The Kier molecular flexibility index (Phi) is 5.86. The normalized spacial score (nSPS) is 11.1. The Balaban J connectivity index is 1.86. The molecule has 3 aromatic carbocycles. The van der Waals surface area contributed by atoms with E-state index in [0.717, 1.165) is 10.0 Å². The van der Waals surface area contributed by atoms with Crippen molar-refractivity contribution in [3.05, 3.63) is 87.9 Å². The van der Waals surface area contributed by atoms with Crippen molar-refractivity contribution in [3.63, 3.8) is 0 Å². The van der Waals surface area contributed by atoms with Gasteiger partial charge in [0.05, 0.1) is 10.6 Å². The van der Waals surface area contributed by atoms with Gasteiger partial charge in [0.2, 0.25) is 0 Å². The Morgan fingerprint density at radius 2 is 1.61 bits per heavy atom. The fourth-order valence-corrected chi connectivity index (χ4v) is 4.20. The zero-order chi connectivity index (χ0) is 20.3. The molecule has 3 aromatic rings. The first-order valence-electron chi connectivity index (χ1n) is 8.52. The van der Waals surface area contributed by atoms with Gasteiger partial charge in [-0.3, -0.25) is 9.52 Å². The molecule has 0 atom stereocenters. The SMILES string of the molecule is Cc1ccc(S(=O)(=O)Nc2cccc(C(=O)Nc3cccc(Br)c3)c2C)cc1. The molecule has 5 nitrogen and oxygen atoms in total. The van der Waals surface area contributed by atoms with E-state index in [-0.39, 0.29) is 10.8 Å². The minimum atomic E-state index is -3.75. The number of amides is 1. The standard InChI is InChI=1S/C21H19BrN2O3S/c1-14-9-11-18(12-10-14)28(26,27)24-20-8-4-7-19(15(20)2)21(25)23-17-6-3-5-16(22)13-17/h3-13,24H,1-2H3,(H,23,25). The summed E-state index contributed by atoms with van der Waals surface area (Å²) in [4.78, 5) is 12.8. The molecule has 0 saturated heterocycles. The van der Waals surface area contributed by atoms with Crippen LogP contribution in [0, 0.1) is 13.8 Å². The highest BCUT2D eigenvalue weighted by Crippen LogP contribution is 2.24. The van der Waals surface area contributed by atoms with Gasteiger partial charge < -0.3 is 5.32 Å². The summed E-state index contributed by atoms with van der Waals surface area (Å²) in [5.41, 5.74) is 2.92. The molecular formula is C21H19BrN2O3S. The summed E-state index contributed by atoms with van der Waals surface area (Å²) in [6.45, 7) is 3.60. The van der Waals surface area contributed by atoms with Crippen LogP contribution in [0.4, 0.5) is 11.4 Å². The number of sulfonamides is 1. The van der Waals surface area contributed by atoms with E-state index in [2.05, 4.69) is 26.0 Å². The number of anilines is 2. The van der Waals surface area contributed by atoms with Crippen LogP contribution in [0.1, 0.15) is 21.5 Å². The summed E-state index contributed by atoms with van der Waals surface area (Å²) in [7, 11) is -3.75. The van der Waals surface area contributed by atoms with Crippen LogP contribution in [0.15, 0.2) is 76.1 Å². The minimum Gasteiger partial charge on any atom is -0.322 e. The van der Waals surface area contributed by atoms with Crippen LogP contribution < -0.4 is 10.0 Å². The van der Waals surface area contributed by atoms with E-state index >= 15 is 0 Å². The first kappa shape index (κ1) is 20.1. The van der Waals surface area contributed by atoms with E-state index in [9.17, 15) is 13.2 Å². The van der Waals surface area contributed by atoms with Crippen LogP contribution in [0.5, 0.6) is 0 Å². The van der Waals surface area contributed by atoms with Gasteiger partial charge in [0.1, 0.15) is 0 Å². The number of halogens is 1. The summed E-state index contributed by atoms with van der Waals surface area (Å²) in [6.07, 6.45) is 0. The van der Waals surface area contributed by atoms with Crippen molar-refractivity contribution < 1.29 is 13.2 Å². The van der Waals surface area contributed by atoms with Crippen molar-refractivity contribution in [1.82, 2.24) is 0 Å². The zero-order valence-corrected chi connectivity index (χ0v) is 17.8. The number of nitrogens with one attached hydrogen (secondary N) is 2. The van der Waals surface area contributed by atoms with Crippen LogP contribution in [-0.4, -0.2) is 14.3 Å². The van der Waals surface area contributed by atoms with Crippen molar-refractivity contribution in [1.29, 1.82) is 0 Å². The van der Waals surface area contributed by atoms with Gasteiger partial charge in [-0.15, -0.1) is 0 Å². The van der Waals surface area contributed by atoms with Crippen molar-refractivity contribution in [2.75, 3.05) is 10.0 Å². The van der Waals surface area contributed by atoms with Crippen molar-refractivity contribution in [2.45, 2.75) is 18.7 Å². The molecule has 0 unspecified atom stereocenters. The van der Waals surface area contributed by atoms with Crippen LogP contribution in [0.25, 0.3) is 0 Å². The summed E-state index contributed by atoms with van der Waals surface area (Å²) in [6, 6.07) is 18.8. The van der Waals surface area contributed by atoms with Crippen LogP contribution in [0.3, 0.4) is 0 Å².